The van der Waals surface area contributed by atoms with Gasteiger partial charge >= 0.3 is 6.18 Å². The van der Waals surface area contributed by atoms with Crippen molar-refractivity contribution in [2.45, 2.75) is 51.2 Å². The molecule has 0 saturated carbocycles. The van der Waals surface area contributed by atoms with Crippen LogP contribution in [0.2, 0.25) is 0 Å². The smallest absolute Gasteiger partial charge is 0.392 e. The normalized spacial score (nSPS) is 22.0. The molecule has 1 aliphatic rings. The minimum absolute atomic E-state index is 0.199. The quantitative estimate of drug-likeness (QED) is 0.909. The average Bonchev–Trinajstić information content (AvgIpc) is 3.13. The molecule has 4 nitrogen and oxygen atoms in total. The highest BCUT2D eigenvalue weighted by atomic mass is 19.4. The van der Waals surface area contributed by atoms with Crippen molar-refractivity contribution in [1.82, 2.24) is 14.7 Å². The summed E-state index contributed by atoms with van der Waals surface area (Å²) in [7, 11) is 0. The maximum Gasteiger partial charge on any atom is 0.416 e. The molecule has 0 aliphatic carbocycles. The van der Waals surface area contributed by atoms with Gasteiger partial charge in [0.2, 0.25) is 0 Å². The second kappa shape index (κ2) is 6.80. The predicted octanol–water partition coefficient (Wildman–Crippen LogP) is 3.79. The van der Waals surface area contributed by atoms with E-state index in [1.165, 1.54) is 12.1 Å². The second-order valence-electron chi connectivity index (χ2n) is 6.82. The zero-order chi connectivity index (χ0) is 18.2. The molecule has 0 amide bonds. The van der Waals surface area contributed by atoms with Gasteiger partial charge < -0.3 is 5.11 Å². The van der Waals surface area contributed by atoms with E-state index >= 15 is 0 Å². The first-order valence-corrected chi connectivity index (χ1v) is 8.37. The van der Waals surface area contributed by atoms with Gasteiger partial charge in [0.1, 0.15) is 0 Å². The van der Waals surface area contributed by atoms with Crippen LogP contribution < -0.4 is 0 Å². The summed E-state index contributed by atoms with van der Waals surface area (Å²) in [6.45, 7) is 5.03. The Hall–Kier alpha value is -1.86. The van der Waals surface area contributed by atoms with Crippen molar-refractivity contribution in [2.75, 3.05) is 6.54 Å². The maximum absolute atomic E-state index is 13.0. The maximum atomic E-state index is 13.0. The molecular weight excluding hydrogens is 331 g/mol. The molecule has 1 aliphatic heterocycles. The van der Waals surface area contributed by atoms with Crippen LogP contribution in [0.3, 0.4) is 0 Å². The van der Waals surface area contributed by atoms with E-state index in [0.717, 1.165) is 11.8 Å². The molecule has 1 saturated heterocycles. The zero-order valence-corrected chi connectivity index (χ0v) is 14.2. The molecule has 2 atom stereocenters. The van der Waals surface area contributed by atoms with Crippen LogP contribution in [0.25, 0.3) is 0 Å². The summed E-state index contributed by atoms with van der Waals surface area (Å²) in [6, 6.07) is 7.26. The molecule has 7 heteroatoms. The molecule has 0 spiro atoms. The molecule has 0 unspecified atom stereocenters. The van der Waals surface area contributed by atoms with Crippen molar-refractivity contribution in [3.8, 4) is 0 Å². The van der Waals surface area contributed by atoms with Crippen LogP contribution in [0.5, 0.6) is 0 Å². The first kappa shape index (κ1) is 17.9. The van der Waals surface area contributed by atoms with Crippen LogP contribution in [0.15, 0.2) is 36.5 Å². The highest BCUT2D eigenvalue weighted by Gasteiger charge is 2.35. The summed E-state index contributed by atoms with van der Waals surface area (Å²) < 4.78 is 40.9. The van der Waals surface area contributed by atoms with Gasteiger partial charge in [-0.1, -0.05) is 12.1 Å². The van der Waals surface area contributed by atoms with Crippen molar-refractivity contribution in [3.05, 3.63) is 53.3 Å². The lowest BCUT2D eigenvalue weighted by atomic mass is 10.0. The minimum atomic E-state index is -4.37. The van der Waals surface area contributed by atoms with Gasteiger partial charge in [-0.3, -0.25) is 9.58 Å². The SMILES string of the molecule is CC(C)n1nccc1CN1C[C@@H](O)C[C@H]1c1cccc(C(F)(F)F)c1. The van der Waals surface area contributed by atoms with Crippen LogP contribution in [-0.4, -0.2) is 32.4 Å². The number of aliphatic hydroxyl groups is 1. The highest BCUT2D eigenvalue weighted by Crippen LogP contribution is 2.37. The number of likely N-dealkylation sites (tertiary alicyclic amines) is 1. The number of benzene rings is 1. The number of alkyl halides is 3. The van der Waals surface area contributed by atoms with Crippen molar-refractivity contribution < 1.29 is 18.3 Å². The van der Waals surface area contributed by atoms with E-state index in [9.17, 15) is 18.3 Å². The number of aromatic nitrogens is 2. The van der Waals surface area contributed by atoms with E-state index in [1.54, 1.807) is 12.3 Å². The average molecular weight is 353 g/mol. The largest absolute Gasteiger partial charge is 0.416 e. The number of hydrogen-bond acceptors (Lipinski definition) is 3. The van der Waals surface area contributed by atoms with Crippen molar-refractivity contribution in [1.29, 1.82) is 0 Å². The molecule has 1 aromatic carbocycles. The fourth-order valence-corrected chi connectivity index (χ4v) is 3.46. The zero-order valence-electron chi connectivity index (χ0n) is 14.2. The monoisotopic (exact) mass is 353 g/mol. The van der Waals surface area contributed by atoms with E-state index in [2.05, 4.69) is 5.10 Å². The van der Waals surface area contributed by atoms with Gasteiger partial charge in [-0.15, -0.1) is 0 Å². The van der Waals surface area contributed by atoms with Crippen LogP contribution in [-0.2, 0) is 12.7 Å². The third-order valence-electron chi connectivity index (χ3n) is 4.59. The predicted molar refractivity (Wildman–Crippen MR) is 87.8 cm³/mol. The number of halogens is 3. The van der Waals surface area contributed by atoms with Crippen LogP contribution in [0.4, 0.5) is 13.2 Å². The number of rotatable bonds is 4. The van der Waals surface area contributed by atoms with Crippen molar-refractivity contribution in [3.63, 3.8) is 0 Å². The summed E-state index contributed by atoms with van der Waals surface area (Å²) in [6.07, 6.45) is -2.76. The lowest BCUT2D eigenvalue weighted by Crippen LogP contribution is -2.26. The van der Waals surface area contributed by atoms with Crippen LogP contribution in [0, 0.1) is 0 Å². The van der Waals surface area contributed by atoms with E-state index in [4.69, 9.17) is 0 Å². The third-order valence-corrected chi connectivity index (χ3v) is 4.59. The van der Waals surface area contributed by atoms with Crippen molar-refractivity contribution >= 4 is 0 Å². The van der Waals surface area contributed by atoms with E-state index < -0.39 is 17.8 Å². The minimum Gasteiger partial charge on any atom is -0.392 e. The number of hydrogen-bond donors (Lipinski definition) is 1. The standard InChI is InChI=1S/C18H22F3N3O/c1-12(2)24-15(6-7-22-24)10-23-11-16(25)9-17(23)13-4-3-5-14(8-13)18(19,20)21/h3-8,12,16-17,25H,9-11H2,1-2H3/t16-,17-/m0/s1. The topological polar surface area (TPSA) is 41.3 Å². The summed E-state index contributed by atoms with van der Waals surface area (Å²) in [5, 5.41) is 14.4. The molecule has 0 bridgehead atoms. The molecule has 1 aromatic heterocycles. The fraction of sp³-hybridized carbons (Fsp3) is 0.500. The van der Waals surface area contributed by atoms with Gasteiger partial charge in [0.25, 0.3) is 0 Å². The van der Waals surface area contributed by atoms with Gasteiger partial charge in [-0.25, -0.2) is 0 Å². The lowest BCUT2D eigenvalue weighted by molar-refractivity contribution is -0.137. The van der Waals surface area contributed by atoms with Gasteiger partial charge in [0.05, 0.1) is 17.4 Å². The summed E-state index contributed by atoms with van der Waals surface area (Å²) in [4.78, 5) is 2.02. The summed E-state index contributed by atoms with van der Waals surface area (Å²) in [5.74, 6) is 0. The number of nitrogens with zero attached hydrogens (tertiary/aromatic N) is 3. The first-order chi connectivity index (χ1) is 11.8. The Morgan fingerprint density at radius 3 is 2.72 bits per heavy atom. The van der Waals surface area contributed by atoms with Gasteiger partial charge in [-0.2, -0.15) is 18.3 Å². The Labute approximate surface area is 144 Å². The molecular formula is C18H22F3N3O. The fourth-order valence-electron chi connectivity index (χ4n) is 3.46. The van der Waals surface area contributed by atoms with E-state index in [-0.39, 0.29) is 12.1 Å². The third kappa shape index (κ3) is 3.88. The highest BCUT2D eigenvalue weighted by molar-refractivity contribution is 5.29. The summed E-state index contributed by atoms with van der Waals surface area (Å²) in [5.41, 5.74) is 0.918. The van der Waals surface area contributed by atoms with Gasteiger partial charge in [0, 0.05) is 31.4 Å². The van der Waals surface area contributed by atoms with Gasteiger partial charge in [0.15, 0.2) is 0 Å². The molecule has 3 rings (SSSR count). The summed E-state index contributed by atoms with van der Waals surface area (Å²) >= 11 is 0. The van der Waals surface area contributed by atoms with E-state index in [0.29, 0.717) is 25.1 Å². The Morgan fingerprint density at radius 2 is 2.04 bits per heavy atom. The van der Waals surface area contributed by atoms with E-state index in [1.807, 2.05) is 29.5 Å². The molecule has 25 heavy (non-hydrogen) atoms. The Kier molecular flexibility index (Phi) is 4.88. The lowest BCUT2D eigenvalue weighted by Gasteiger charge is -2.26. The number of β-amino-alcohol motifs (C(OH)–C–C–N with tert-alkyl or cyclic N) is 1. The molecule has 136 valence electrons. The Morgan fingerprint density at radius 1 is 1.28 bits per heavy atom. The second-order valence-corrected chi connectivity index (χ2v) is 6.82. The van der Waals surface area contributed by atoms with Crippen LogP contribution in [0.1, 0.15) is 49.2 Å². The molecule has 0 radical (unpaired) electrons. The number of aliphatic hydroxyl groups excluding tert-OH is 1. The molecule has 2 heterocycles. The molecule has 1 fully saturated rings. The molecule has 1 N–H and O–H groups in total. The first-order valence-electron chi connectivity index (χ1n) is 8.37. The Balaban J connectivity index is 1.86. The van der Waals surface area contributed by atoms with Crippen LogP contribution >= 0.6 is 0 Å². The molecule has 2 aromatic rings. The Bertz CT molecular complexity index is 726. The van der Waals surface area contributed by atoms with Gasteiger partial charge in [-0.05, 0) is 44.0 Å². The van der Waals surface area contributed by atoms with Crippen molar-refractivity contribution in [2.24, 2.45) is 0 Å².